The summed E-state index contributed by atoms with van der Waals surface area (Å²) in [6.07, 6.45) is 0. The van der Waals surface area contributed by atoms with Crippen LogP contribution in [0.3, 0.4) is 0 Å². The molecule has 1 aromatic heterocycles. The minimum atomic E-state index is -0.473. The number of anilines is 2. The van der Waals surface area contributed by atoms with E-state index in [1.165, 1.54) is 12.1 Å². The monoisotopic (exact) mass is 321 g/mol. The second-order valence-corrected chi connectivity index (χ2v) is 5.04. The van der Waals surface area contributed by atoms with Crippen molar-refractivity contribution in [2.75, 3.05) is 5.32 Å². The summed E-state index contributed by atoms with van der Waals surface area (Å²) in [5.41, 5.74) is 1.61. The van der Waals surface area contributed by atoms with E-state index >= 15 is 0 Å². The molecule has 0 amide bonds. The zero-order valence-electron chi connectivity index (χ0n) is 12.8. The lowest BCUT2D eigenvalue weighted by molar-refractivity contribution is -0.384. The number of nitrogens with one attached hydrogen (secondary N) is 1. The molecule has 0 aliphatic heterocycles. The maximum Gasteiger partial charge on any atom is 0.311 e. The molecule has 0 aliphatic carbocycles. The van der Waals surface area contributed by atoms with Gasteiger partial charge in [-0.3, -0.25) is 10.1 Å². The first-order valence-electron chi connectivity index (χ1n) is 7.36. The third kappa shape index (κ3) is 3.86. The van der Waals surface area contributed by atoms with E-state index in [-0.39, 0.29) is 11.5 Å². The van der Waals surface area contributed by atoms with Crippen LogP contribution in [0.5, 0.6) is 5.88 Å². The highest BCUT2D eigenvalue weighted by Gasteiger charge is 2.16. The zero-order chi connectivity index (χ0) is 16.8. The predicted octanol–water partition coefficient (Wildman–Crippen LogP) is 4.31. The Morgan fingerprint density at radius 3 is 2.29 bits per heavy atom. The fourth-order valence-electron chi connectivity index (χ4n) is 2.14. The third-order valence-corrected chi connectivity index (χ3v) is 3.31. The Bertz CT molecular complexity index is 823. The van der Waals surface area contributed by atoms with Crippen LogP contribution in [0.1, 0.15) is 5.56 Å². The van der Waals surface area contributed by atoms with Gasteiger partial charge in [0.1, 0.15) is 6.61 Å². The van der Waals surface area contributed by atoms with Gasteiger partial charge in [-0.25, -0.2) is 0 Å². The number of ether oxygens (including phenoxy) is 1. The van der Waals surface area contributed by atoms with Gasteiger partial charge in [0.25, 0.3) is 0 Å². The number of pyridine rings is 1. The Balaban J connectivity index is 1.81. The van der Waals surface area contributed by atoms with Crippen molar-refractivity contribution in [1.29, 1.82) is 0 Å². The molecule has 0 bridgehead atoms. The second-order valence-electron chi connectivity index (χ2n) is 5.04. The molecule has 2 aromatic carbocycles. The molecule has 3 aromatic rings. The van der Waals surface area contributed by atoms with Crippen LogP contribution in [-0.4, -0.2) is 9.91 Å². The van der Waals surface area contributed by atoms with Gasteiger partial charge in [-0.1, -0.05) is 48.5 Å². The van der Waals surface area contributed by atoms with Gasteiger partial charge in [-0.05, 0) is 17.7 Å². The molecule has 3 rings (SSSR count). The summed E-state index contributed by atoms with van der Waals surface area (Å²) in [7, 11) is 0. The van der Waals surface area contributed by atoms with E-state index in [2.05, 4.69) is 10.3 Å². The molecule has 1 N–H and O–H groups in total. The summed E-state index contributed by atoms with van der Waals surface area (Å²) in [5.74, 6) is 0.472. The molecule has 24 heavy (non-hydrogen) atoms. The number of nitro groups is 1. The maximum absolute atomic E-state index is 11.2. The van der Waals surface area contributed by atoms with Crippen molar-refractivity contribution in [3.05, 3.63) is 88.5 Å². The zero-order valence-corrected chi connectivity index (χ0v) is 12.8. The van der Waals surface area contributed by atoms with Gasteiger partial charge in [0.2, 0.25) is 11.7 Å². The van der Waals surface area contributed by atoms with Crippen LogP contribution in [0.4, 0.5) is 17.2 Å². The van der Waals surface area contributed by atoms with E-state index in [4.69, 9.17) is 4.74 Å². The van der Waals surface area contributed by atoms with Crippen LogP contribution >= 0.6 is 0 Å². The highest BCUT2D eigenvalue weighted by atomic mass is 16.6. The van der Waals surface area contributed by atoms with E-state index < -0.39 is 4.92 Å². The van der Waals surface area contributed by atoms with Crippen molar-refractivity contribution in [2.24, 2.45) is 0 Å². The number of rotatable bonds is 6. The SMILES string of the molecule is O=[N+]([O-])c1ccc(OCc2ccccc2)nc1Nc1ccccc1. The smallest absolute Gasteiger partial charge is 0.311 e. The van der Waals surface area contributed by atoms with Crippen LogP contribution in [0.2, 0.25) is 0 Å². The van der Waals surface area contributed by atoms with Crippen LogP contribution in [0, 0.1) is 10.1 Å². The molecule has 0 radical (unpaired) electrons. The van der Waals surface area contributed by atoms with Gasteiger partial charge in [0.15, 0.2) is 0 Å². The lowest BCUT2D eigenvalue weighted by Crippen LogP contribution is -2.03. The van der Waals surface area contributed by atoms with Crippen LogP contribution in [0.15, 0.2) is 72.8 Å². The molecule has 0 unspecified atom stereocenters. The number of hydrogen-bond donors (Lipinski definition) is 1. The van der Waals surface area contributed by atoms with Crippen LogP contribution in [0.25, 0.3) is 0 Å². The van der Waals surface area contributed by atoms with Gasteiger partial charge in [0, 0.05) is 17.8 Å². The maximum atomic E-state index is 11.2. The lowest BCUT2D eigenvalue weighted by Gasteiger charge is -2.09. The summed E-state index contributed by atoms with van der Waals surface area (Å²) in [4.78, 5) is 14.9. The van der Waals surface area contributed by atoms with Gasteiger partial charge in [-0.15, -0.1) is 0 Å². The first kappa shape index (κ1) is 15.5. The van der Waals surface area contributed by atoms with Crippen molar-refractivity contribution in [3.8, 4) is 5.88 Å². The normalized spacial score (nSPS) is 10.2. The Morgan fingerprint density at radius 1 is 0.958 bits per heavy atom. The molecule has 1 heterocycles. The Hall–Kier alpha value is -3.41. The van der Waals surface area contributed by atoms with Crippen LogP contribution < -0.4 is 10.1 Å². The predicted molar refractivity (Wildman–Crippen MR) is 91.4 cm³/mol. The number of benzene rings is 2. The molecule has 0 saturated carbocycles. The number of aromatic nitrogens is 1. The molecule has 120 valence electrons. The minimum absolute atomic E-state index is 0.106. The topological polar surface area (TPSA) is 77.3 Å². The molecular weight excluding hydrogens is 306 g/mol. The second kappa shape index (κ2) is 7.23. The van der Waals surface area contributed by atoms with Gasteiger partial charge >= 0.3 is 5.69 Å². The van der Waals surface area contributed by atoms with Crippen molar-refractivity contribution < 1.29 is 9.66 Å². The van der Waals surface area contributed by atoms with Crippen molar-refractivity contribution in [2.45, 2.75) is 6.61 Å². The summed E-state index contributed by atoms with van der Waals surface area (Å²) < 4.78 is 5.63. The van der Waals surface area contributed by atoms with Crippen LogP contribution in [-0.2, 0) is 6.61 Å². The summed E-state index contributed by atoms with van der Waals surface area (Å²) >= 11 is 0. The fourth-order valence-corrected chi connectivity index (χ4v) is 2.14. The summed E-state index contributed by atoms with van der Waals surface area (Å²) in [6.45, 7) is 0.344. The molecule has 0 fully saturated rings. The first-order chi connectivity index (χ1) is 11.7. The Kier molecular flexibility index (Phi) is 4.67. The van der Waals surface area contributed by atoms with Gasteiger partial charge in [0.05, 0.1) is 4.92 Å². The van der Waals surface area contributed by atoms with Crippen molar-refractivity contribution in [1.82, 2.24) is 4.98 Å². The fraction of sp³-hybridized carbons (Fsp3) is 0.0556. The first-order valence-corrected chi connectivity index (χ1v) is 7.36. The van der Waals surface area contributed by atoms with Crippen molar-refractivity contribution in [3.63, 3.8) is 0 Å². The molecule has 0 spiro atoms. The summed E-state index contributed by atoms with van der Waals surface area (Å²) in [6, 6.07) is 21.7. The van der Waals surface area contributed by atoms with E-state index in [0.29, 0.717) is 18.2 Å². The standard InChI is InChI=1S/C18H15N3O3/c22-21(23)16-11-12-17(24-13-14-7-3-1-4-8-14)20-18(16)19-15-9-5-2-6-10-15/h1-12H,13H2,(H,19,20). The molecule has 6 heteroatoms. The Morgan fingerprint density at radius 2 is 1.62 bits per heavy atom. The van der Waals surface area contributed by atoms with Gasteiger partial charge < -0.3 is 10.1 Å². The number of para-hydroxylation sites is 1. The van der Waals surface area contributed by atoms with E-state index in [9.17, 15) is 10.1 Å². The van der Waals surface area contributed by atoms with Crippen molar-refractivity contribution >= 4 is 17.2 Å². The van der Waals surface area contributed by atoms with E-state index in [0.717, 1.165) is 5.56 Å². The minimum Gasteiger partial charge on any atom is -0.473 e. The highest BCUT2D eigenvalue weighted by molar-refractivity contribution is 5.65. The third-order valence-electron chi connectivity index (χ3n) is 3.31. The Labute approximate surface area is 138 Å². The molecular formula is C18H15N3O3. The average Bonchev–Trinajstić information content (AvgIpc) is 2.62. The highest BCUT2D eigenvalue weighted by Crippen LogP contribution is 2.28. The quantitative estimate of drug-likeness (QED) is 0.540. The molecule has 6 nitrogen and oxygen atoms in total. The summed E-state index contributed by atoms with van der Waals surface area (Å²) in [5, 5.41) is 14.1. The number of hydrogen-bond acceptors (Lipinski definition) is 5. The largest absolute Gasteiger partial charge is 0.473 e. The van der Waals surface area contributed by atoms with E-state index in [1.807, 2.05) is 60.7 Å². The molecule has 0 atom stereocenters. The van der Waals surface area contributed by atoms with Gasteiger partial charge in [-0.2, -0.15) is 4.98 Å². The molecule has 0 aliphatic rings. The molecule has 0 saturated heterocycles. The average molecular weight is 321 g/mol. The number of nitrogens with zero attached hydrogens (tertiary/aromatic N) is 2. The van der Waals surface area contributed by atoms with E-state index in [1.54, 1.807) is 0 Å². The lowest BCUT2D eigenvalue weighted by atomic mass is 10.2.